The van der Waals surface area contributed by atoms with E-state index in [1.165, 1.54) is 0 Å². The zero-order chi connectivity index (χ0) is 20.6. The van der Waals surface area contributed by atoms with E-state index in [9.17, 15) is 27.9 Å². The number of hydrogen-bond donors (Lipinski definition) is 1. The van der Waals surface area contributed by atoms with E-state index in [-0.39, 0.29) is 13.0 Å². The van der Waals surface area contributed by atoms with Crippen molar-refractivity contribution >= 4 is 28.0 Å². The number of halogens is 4. The molecule has 2 unspecified atom stereocenters. The van der Waals surface area contributed by atoms with Gasteiger partial charge in [0.2, 0.25) is 0 Å². The van der Waals surface area contributed by atoms with Crippen LogP contribution >= 0.6 is 15.9 Å². The zero-order valence-electron chi connectivity index (χ0n) is 15.1. The summed E-state index contributed by atoms with van der Waals surface area (Å²) in [5.74, 6) is -3.32. The number of nitrogens with zero attached hydrogens (tertiary/aromatic N) is 1. The Kier molecular flexibility index (Phi) is 5.85. The van der Waals surface area contributed by atoms with Gasteiger partial charge in [-0.1, -0.05) is 28.1 Å². The number of carbonyl (C=O) groups is 2. The minimum absolute atomic E-state index is 0.134. The van der Waals surface area contributed by atoms with E-state index in [2.05, 4.69) is 15.9 Å². The molecule has 5 nitrogen and oxygen atoms in total. The van der Waals surface area contributed by atoms with Gasteiger partial charge in [-0.2, -0.15) is 13.2 Å². The molecule has 1 N–H and O–H groups in total. The molecule has 1 aromatic carbocycles. The number of carboxylic acid groups (broad SMARTS) is 1. The van der Waals surface area contributed by atoms with Crippen molar-refractivity contribution in [3.63, 3.8) is 0 Å². The van der Waals surface area contributed by atoms with E-state index in [0.29, 0.717) is 10.0 Å². The second-order valence-corrected chi connectivity index (χ2v) is 8.58. The number of ether oxygens (including phenoxy) is 1. The van der Waals surface area contributed by atoms with Crippen LogP contribution in [0.15, 0.2) is 28.7 Å². The van der Waals surface area contributed by atoms with E-state index in [4.69, 9.17) is 4.74 Å². The summed E-state index contributed by atoms with van der Waals surface area (Å²) < 4.78 is 47.5. The molecule has 1 aromatic rings. The normalized spacial score (nSPS) is 23.4. The van der Waals surface area contributed by atoms with E-state index < -0.39 is 41.7 Å². The lowest BCUT2D eigenvalue weighted by atomic mass is 9.74. The first-order valence-electron chi connectivity index (χ1n) is 8.29. The fourth-order valence-corrected chi connectivity index (χ4v) is 3.70. The van der Waals surface area contributed by atoms with Crippen LogP contribution in [0.2, 0.25) is 0 Å². The van der Waals surface area contributed by atoms with E-state index in [1.807, 2.05) is 0 Å². The quantitative estimate of drug-likeness (QED) is 0.734. The fourth-order valence-electron chi connectivity index (χ4n) is 3.25. The molecule has 1 heterocycles. The number of amides is 1. The highest BCUT2D eigenvalue weighted by atomic mass is 79.9. The molecule has 0 aliphatic carbocycles. The SMILES string of the molecule is CC(C)(C)OC(=O)N1CC(Cc2cccc(Br)c2)C(C(=O)O)(C(F)(F)F)C1. The number of rotatable bonds is 3. The molecule has 9 heteroatoms. The van der Waals surface area contributed by atoms with Crippen molar-refractivity contribution in [3.8, 4) is 0 Å². The van der Waals surface area contributed by atoms with Gasteiger partial charge in [-0.05, 0) is 44.9 Å². The standard InChI is InChI=1S/C18H21BrF3NO4/c1-16(2,3)27-15(26)23-9-12(7-11-5-4-6-13(19)8-11)17(10-23,14(24)25)18(20,21)22/h4-6,8,12H,7,9-10H2,1-3H3,(H,24,25). The molecule has 1 amide bonds. The summed E-state index contributed by atoms with van der Waals surface area (Å²) in [6.07, 6.45) is -6.11. The predicted molar refractivity (Wildman–Crippen MR) is 95.3 cm³/mol. The largest absolute Gasteiger partial charge is 0.481 e. The summed E-state index contributed by atoms with van der Waals surface area (Å²) in [5.41, 5.74) is -3.40. The smallest absolute Gasteiger partial charge is 0.410 e. The Morgan fingerprint density at radius 1 is 1.33 bits per heavy atom. The van der Waals surface area contributed by atoms with Crippen molar-refractivity contribution in [2.75, 3.05) is 13.1 Å². The van der Waals surface area contributed by atoms with E-state index >= 15 is 0 Å². The van der Waals surface area contributed by atoms with Gasteiger partial charge in [-0.3, -0.25) is 4.79 Å². The molecular formula is C18H21BrF3NO4. The Balaban J connectivity index is 2.40. The maximum atomic E-state index is 13.9. The van der Waals surface area contributed by atoms with Crippen LogP contribution < -0.4 is 0 Å². The average Bonchev–Trinajstić information content (AvgIpc) is 2.86. The summed E-state index contributed by atoms with van der Waals surface area (Å²) in [4.78, 5) is 24.9. The first kappa shape index (κ1) is 21.5. The molecule has 1 fully saturated rings. The van der Waals surface area contributed by atoms with Crippen molar-refractivity contribution in [2.24, 2.45) is 11.3 Å². The van der Waals surface area contributed by atoms with Gasteiger partial charge in [0, 0.05) is 23.5 Å². The third-order valence-electron chi connectivity index (χ3n) is 4.49. The van der Waals surface area contributed by atoms with E-state index in [1.54, 1.807) is 45.0 Å². The Hall–Kier alpha value is -1.77. The van der Waals surface area contributed by atoms with Gasteiger partial charge in [0.25, 0.3) is 0 Å². The van der Waals surface area contributed by atoms with Crippen LogP contribution in [-0.4, -0.2) is 46.9 Å². The lowest BCUT2D eigenvalue weighted by Crippen LogP contribution is -2.52. The number of carboxylic acids is 1. The molecule has 0 radical (unpaired) electrons. The number of carbonyl (C=O) groups excluding carboxylic acids is 1. The second-order valence-electron chi connectivity index (χ2n) is 7.67. The highest BCUT2D eigenvalue weighted by Gasteiger charge is 2.69. The molecule has 2 rings (SSSR count). The lowest BCUT2D eigenvalue weighted by Gasteiger charge is -2.32. The van der Waals surface area contributed by atoms with Crippen LogP contribution in [0.5, 0.6) is 0 Å². The van der Waals surface area contributed by atoms with Crippen LogP contribution in [0.25, 0.3) is 0 Å². The molecule has 0 saturated carbocycles. The van der Waals surface area contributed by atoms with Gasteiger partial charge in [-0.15, -0.1) is 0 Å². The molecule has 27 heavy (non-hydrogen) atoms. The van der Waals surface area contributed by atoms with Gasteiger partial charge < -0.3 is 14.7 Å². The number of aliphatic carboxylic acids is 1. The monoisotopic (exact) mass is 451 g/mol. The minimum Gasteiger partial charge on any atom is -0.481 e. The Labute approximate surface area is 163 Å². The summed E-state index contributed by atoms with van der Waals surface area (Å²) >= 11 is 3.25. The molecule has 2 atom stereocenters. The highest BCUT2D eigenvalue weighted by molar-refractivity contribution is 9.10. The van der Waals surface area contributed by atoms with E-state index in [0.717, 1.165) is 4.90 Å². The van der Waals surface area contributed by atoms with Crippen molar-refractivity contribution < 1.29 is 32.6 Å². The first-order chi connectivity index (χ1) is 12.3. The van der Waals surface area contributed by atoms with Gasteiger partial charge >= 0.3 is 18.2 Å². The topological polar surface area (TPSA) is 66.8 Å². The van der Waals surface area contributed by atoms with Gasteiger partial charge in [0.15, 0.2) is 5.41 Å². The molecule has 1 aliphatic rings. The molecule has 0 aromatic heterocycles. The molecule has 1 aliphatic heterocycles. The third-order valence-corrected chi connectivity index (χ3v) is 4.98. The molecule has 0 bridgehead atoms. The first-order valence-corrected chi connectivity index (χ1v) is 9.08. The Morgan fingerprint density at radius 2 is 1.96 bits per heavy atom. The fraction of sp³-hybridized carbons (Fsp3) is 0.556. The van der Waals surface area contributed by atoms with Crippen LogP contribution in [0, 0.1) is 11.3 Å². The number of alkyl halides is 3. The minimum atomic E-state index is -5.02. The number of hydrogen-bond acceptors (Lipinski definition) is 3. The maximum absolute atomic E-state index is 13.9. The highest BCUT2D eigenvalue weighted by Crippen LogP contribution is 2.50. The summed E-state index contributed by atoms with van der Waals surface area (Å²) in [5, 5.41) is 9.53. The maximum Gasteiger partial charge on any atom is 0.410 e. The lowest BCUT2D eigenvalue weighted by molar-refractivity contribution is -0.237. The second kappa shape index (κ2) is 7.33. The Bertz CT molecular complexity index is 732. The predicted octanol–water partition coefficient (Wildman–Crippen LogP) is 4.49. The van der Waals surface area contributed by atoms with Crippen LogP contribution in [0.4, 0.5) is 18.0 Å². The van der Waals surface area contributed by atoms with Crippen molar-refractivity contribution in [3.05, 3.63) is 34.3 Å². The average molecular weight is 452 g/mol. The summed E-state index contributed by atoms with van der Waals surface area (Å²) in [7, 11) is 0. The molecule has 0 spiro atoms. The number of benzene rings is 1. The van der Waals surface area contributed by atoms with Gasteiger partial charge in [0.1, 0.15) is 5.60 Å². The van der Waals surface area contributed by atoms with Crippen molar-refractivity contribution in [1.29, 1.82) is 0 Å². The van der Waals surface area contributed by atoms with Gasteiger partial charge in [-0.25, -0.2) is 4.79 Å². The Morgan fingerprint density at radius 3 is 2.44 bits per heavy atom. The molecule has 1 saturated heterocycles. The van der Waals surface area contributed by atoms with Crippen LogP contribution in [0.1, 0.15) is 26.3 Å². The van der Waals surface area contributed by atoms with Crippen LogP contribution in [0.3, 0.4) is 0 Å². The van der Waals surface area contributed by atoms with Crippen molar-refractivity contribution in [1.82, 2.24) is 4.90 Å². The zero-order valence-corrected chi connectivity index (χ0v) is 16.7. The third kappa shape index (κ3) is 4.56. The number of likely N-dealkylation sites (tertiary alicyclic amines) is 1. The van der Waals surface area contributed by atoms with Crippen molar-refractivity contribution in [2.45, 2.75) is 39.0 Å². The summed E-state index contributed by atoms with van der Waals surface area (Å²) in [6.45, 7) is 3.45. The molecule has 150 valence electrons. The molecular weight excluding hydrogens is 431 g/mol. The van der Waals surface area contributed by atoms with Gasteiger partial charge in [0.05, 0.1) is 0 Å². The summed E-state index contributed by atoms with van der Waals surface area (Å²) in [6, 6.07) is 6.65. The van der Waals surface area contributed by atoms with Crippen LogP contribution in [-0.2, 0) is 16.0 Å².